The summed E-state index contributed by atoms with van der Waals surface area (Å²) in [6.07, 6.45) is -4.32. The van der Waals surface area contributed by atoms with Crippen LogP contribution in [0.5, 0.6) is 11.5 Å². The van der Waals surface area contributed by atoms with Crippen molar-refractivity contribution in [2.24, 2.45) is 0 Å². The van der Waals surface area contributed by atoms with Gasteiger partial charge in [-0.3, -0.25) is 0 Å². The molecule has 0 spiro atoms. The van der Waals surface area contributed by atoms with Gasteiger partial charge in [0.25, 0.3) is 0 Å². The van der Waals surface area contributed by atoms with Crippen molar-refractivity contribution in [3.8, 4) is 11.5 Å². The molecule has 0 N–H and O–H groups in total. The molecule has 0 fully saturated rings. The van der Waals surface area contributed by atoms with Gasteiger partial charge in [0.15, 0.2) is 6.61 Å². The molecule has 20 heavy (non-hydrogen) atoms. The van der Waals surface area contributed by atoms with Gasteiger partial charge in [0.05, 0.1) is 0 Å². The monoisotopic (exact) mass is 306 g/mol. The second-order valence-corrected chi connectivity index (χ2v) is 11.0. The fourth-order valence-electron chi connectivity index (χ4n) is 1.22. The predicted molar refractivity (Wildman–Crippen MR) is 75.8 cm³/mol. The Bertz CT molecular complexity index is 433. The van der Waals surface area contributed by atoms with E-state index in [1.807, 2.05) is 0 Å². The maximum absolute atomic E-state index is 12.0. The molecule has 0 amide bonds. The minimum Gasteiger partial charge on any atom is -0.543 e. The molecule has 0 bridgehead atoms. The van der Waals surface area contributed by atoms with Gasteiger partial charge in [0.2, 0.25) is 8.32 Å². The van der Waals surface area contributed by atoms with Crippen molar-refractivity contribution in [2.45, 2.75) is 45.1 Å². The molecular formula is C14H21F3O2Si. The van der Waals surface area contributed by atoms with E-state index in [1.165, 1.54) is 12.1 Å². The van der Waals surface area contributed by atoms with Gasteiger partial charge in [-0.1, -0.05) is 20.8 Å². The summed E-state index contributed by atoms with van der Waals surface area (Å²) >= 11 is 0. The fraction of sp³-hybridized carbons (Fsp3) is 0.571. The van der Waals surface area contributed by atoms with Crippen LogP contribution in [-0.4, -0.2) is 21.1 Å². The number of alkyl halides is 3. The number of benzene rings is 1. The molecule has 0 aliphatic rings. The first kappa shape index (κ1) is 16.9. The highest BCUT2D eigenvalue weighted by atomic mass is 28.4. The molecule has 1 aromatic carbocycles. The lowest BCUT2D eigenvalue weighted by Crippen LogP contribution is -2.43. The summed E-state index contributed by atoms with van der Waals surface area (Å²) in [6, 6.07) is 6.28. The van der Waals surface area contributed by atoms with Crippen molar-refractivity contribution in [2.75, 3.05) is 6.61 Å². The molecule has 0 radical (unpaired) electrons. The Kier molecular flexibility index (Phi) is 4.79. The van der Waals surface area contributed by atoms with Crippen LogP contribution in [0.25, 0.3) is 0 Å². The number of rotatable bonds is 4. The standard InChI is InChI=1S/C14H21F3O2Si/c1-13(2,3)20(4,5)19-12-8-6-11(7-9-12)18-10-14(15,16)17/h6-9H,10H2,1-5H3. The smallest absolute Gasteiger partial charge is 0.422 e. The van der Waals surface area contributed by atoms with Crippen molar-refractivity contribution in [1.29, 1.82) is 0 Å². The van der Waals surface area contributed by atoms with Gasteiger partial charge in [-0.15, -0.1) is 0 Å². The summed E-state index contributed by atoms with van der Waals surface area (Å²) in [5.74, 6) is 0.848. The molecule has 0 aromatic heterocycles. The van der Waals surface area contributed by atoms with E-state index < -0.39 is 21.1 Å². The Morgan fingerprint density at radius 1 is 0.950 bits per heavy atom. The highest BCUT2D eigenvalue weighted by Crippen LogP contribution is 2.37. The average Bonchev–Trinajstić information content (AvgIpc) is 2.25. The number of ether oxygens (including phenoxy) is 1. The van der Waals surface area contributed by atoms with Crippen LogP contribution in [0.4, 0.5) is 13.2 Å². The topological polar surface area (TPSA) is 18.5 Å². The minimum atomic E-state index is -4.32. The zero-order valence-corrected chi connectivity index (χ0v) is 13.5. The van der Waals surface area contributed by atoms with Gasteiger partial charge in [-0.25, -0.2) is 0 Å². The predicted octanol–water partition coefficient (Wildman–Crippen LogP) is 5.01. The maximum atomic E-state index is 12.0. The first-order valence-electron chi connectivity index (χ1n) is 6.39. The van der Waals surface area contributed by atoms with Crippen LogP contribution in [0.15, 0.2) is 24.3 Å². The van der Waals surface area contributed by atoms with Crippen LogP contribution in [-0.2, 0) is 0 Å². The van der Waals surface area contributed by atoms with E-state index in [0.717, 1.165) is 0 Å². The van der Waals surface area contributed by atoms with E-state index in [0.29, 0.717) is 5.75 Å². The molecule has 0 saturated heterocycles. The van der Waals surface area contributed by atoms with Gasteiger partial charge in [0.1, 0.15) is 11.5 Å². The van der Waals surface area contributed by atoms with Gasteiger partial charge < -0.3 is 9.16 Å². The Balaban J connectivity index is 2.68. The highest BCUT2D eigenvalue weighted by molar-refractivity contribution is 6.74. The van der Waals surface area contributed by atoms with Crippen LogP contribution in [0.2, 0.25) is 18.1 Å². The molecule has 114 valence electrons. The van der Waals surface area contributed by atoms with Gasteiger partial charge in [-0.05, 0) is 42.4 Å². The minimum absolute atomic E-state index is 0.0679. The van der Waals surface area contributed by atoms with Crippen molar-refractivity contribution < 1.29 is 22.3 Å². The summed E-state index contributed by atoms with van der Waals surface area (Å²) in [7, 11) is -1.93. The summed E-state index contributed by atoms with van der Waals surface area (Å²) in [6.45, 7) is 9.32. The number of hydrogen-bond donors (Lipinski definition) is 0. The zero-order valence-electron chi connectivity index (χ0n) is 12.5. The maximum Gasteiger partial charge on any atom is 0.422 e. The molecule has 0 atom stereocenters. The third-order valence-corrected chi connectivity index (χ3v) is 7.76. The van der Waals surface area contributed by atoms with Crippen molar-refractivity contribution in [3.05, 3.63) is 24.3 Å². The second kappa shape index (κ2) is 5.67. The Labute approximate surface area is 119 Å². The van der Waals surface area contributed by atoms with Crippen molar-refractivity contribution in [3.63, 3.8) is 0 Å². The van der Waals surface area contributed by atoms with Crippen LogP contribution >= 0.6 is 0 Å². The first-order chi connectivity index (χ1) is 8.91. The molecule has 6 heteroatoms. The molecule has 0 aliphatic heterocycles. The Morgan fingerprint density at radius 2 is 1.40 bits per heavy atom. The highest BCUT2D eigenvalue weighted by Gasteiger charge is 2.38. The molecule has 0 unspecified atom stereocenters. The fourth-order valence-corrected chi connectivity index (χ4v) is 2.25. The van der Waals surface area contributed by atoms with E-state index in [4.69, 9.17) is 4.43 Å². The normalized spacial score (nSPS) is 13.2. The van der Waals surface area contributed by atoms with Crippen LogP contribution < -0.4 is 9.16 Å². The summed E-state index contributed by atoms with van der Waals surface area (Å²) in [5.41, 5.74) is 0. The first-order valence-corrected chi connectivity index (χ1v) is 9.30. The molecule has 1 rings (SSSR count). The van der Waals surface area contributed by atoms with Crippen molar-refractivity contribution in [1.82, 2.24) is 0 Å². The van der Waals surface area contributed by atoms with E-state index in [-0.39, 0.29) is 10.8 Å². The Hall–Kier alpha value is -1.17. The molecule has 1 aromatic rings. The lowest BCUT2D eigenvalue weighted by Gasteiger charge is -2.36. The third kappa shape index (κ3) is 5.07. The molecule has 0 aliphatic carbocycles. The molecule has 0 heterocycles. The van der Waals surface area contributed by atoms with Gasteiger partial charge in [0, 0.05) is 0 Å². The largest absolute Gasteiger partial charge is 0.543 e. The number of hydrogen-bond acceptors (Lipinski definition) is 2. The summed E-state index contributed by atoms with van der Waals surface area (Å²) in [5, 5.41) is 0.0679. The van der Waals surface area contributed by atoms with E-state index in [2.05, 4.69) is 38.6 Å². The molecular weight excluding hydrogens is 285 g/mol. The second-order valence-electron chi connectivity index (χ2n) is 6.24. The van der Waals surface area contributed by atoms with Crippen LogP contribution in [0, 0.1) is 0 Å². The lowest BCUT2D eigenvalue weighted by molar-refractivity contribution is -0.153. The van der Waals surface area contributed by atoms with E-state index in [9.17, 15) is 13.2 Å². The van der Waals surface area contributed by atoms with Crippen molar-refractivity contribution >= 4 is 8.32 Å². The van der Waals surface area contributed by atoms with Gasteiger partial charge in [-0.2, -0.15) is 13.2 Å². The average molecular weight is 306 g/mol. The summed E-state index contributed by atoms with van der Waals surface area (Å²) in [4.78, 5) is 0. The molecule has 0 saturated carbocycles. The van der Waals surface area contributed by atoms with E-state index in [1.54, 1.807) is 12.1 Å². The SMILES string of the molecule is CC(C)(C)[Si](C)(C)Oc1ccc(OCC(F)(F)F)cc1. The van der Waals surface area contributed by atoms with Crippen LogP contribution in [0.1, 0.15) is 20.8 Å². The lowest BCUT2D eigenvalue weighted by atomic mass is 10.2. The van der Waals surface area contributed by atoms with Gasteiger partial charge >= 0.3 is 6.18 Å². The number of halogens is 3. The Morgan fingerprint density at radius 3 is 1.80 bits per heavy atom. The van der Waals surface area contributed by atoms with Crippen LogP contribution in [0.3, 0.4) is 0 Å². The summed E-state index contributed by atoms with van der Waals surface area (Å²) < 4.78 is 46.8. The quantitative estimate of drug-likeness (QED) is 0.728. The van der Waals surface area contributed by atoms with E-state index >= 15 is 0 Å². The zero-order chi connectivity index (χ0) is 15.6. The third-order valence-electron chi connectivity index (χ3n) is 3.41. The molecule has 2 nitrogen and oxygen atoms in total.